The first-order chi connectivity index (χ1) is 9.86. The number of carbonyl (C=O) groups excluding carboxylic acids is 1. The van der Waals surface area contributed by atoms with Crippen LogP contribution in [-0.2, 0) is 0 Å². The van der Waals surface area contributed by atoms with Crippen LogP contribution in [0.25, 0.3) is 11.1 Å². The Bertz CT molecular complexity index is 592. The van der Waals surface area contributed by atoms with Gasteiger partial charge in [0.1, 0.15) is 5.69 Å². The number of piperazine rings is 1. The monoisotopic (exact) mass is 267 g/mol. The van der Waals surface area contributed by atoms with Gasteiger partial charge in [-0.1, -0.05) is 36.4 Å². The van der Waals surface area contributed by atoms with E-state index in [1.54, 1.807) is 6.20 Å². The summed E-state index contributed by atoms with van der Waals surface area (Å²) in [6.07, 6.45) is 1.68. The number of pyridine rings is 1. The van der Waals surface area contributed by atoms with E-state index in [2.05, 4.69) is 10.3 Å². The van der Waals surface area contributed by atoms with Gasteiger partial charge in [-0.3, -0.25) is 9.78 Å². The van der Waals surface area contributed by atoms with Crippen molar-refractivity contribution in [3.8, 4) is 11.1 Å². The van der Waals surface area contributed by atoms with E-state index in [1.165, 1.54) is 0 Å². The number of carbonyl (C=O) groups is 1. The van der Waals surface area contributed by atoms with Gasteiger partial charge in [-0.05, 0) is 11.6 Å². The largest absolute Gasteiger partial charge is 0.335 e. The number of nitrogens with zero attached hydrogens (tertiary/aromatic N) is 2. The van der Waals surface area contributed by atoms with Gasteiger partial charge >= 0.3 is 0 Å². The Balaban J connectivity index is 1.95. The maximum Gasteiger partial charge on any atom is 0.273 e. The van der Waals surface area contributed by atoms with Gasteiger partial charge in [0.2, 0.25) is 0 Å². The zero-order valence-electron chi connectivity index (χ0n) is 11.2. The van der Waals surface area contributed by atoms with Crippen LogP contribution in [0.4, 0.5) is 0 Å². The number of nitrogens with one attached hydrogen (secondary N) is 1. The van der Waals surface area contributed by atoms with Crippen molar-refractivity contribution in [3.63, 3.8) is 0 Å². The van der Waals surface area contributed by atoms with E-state index < -0.39 is 0 Å². The Morgan fingerprint density at radius 1 is 1.05 bits per heavy atom. The normalized spacial score (nSPS) is 15.1. The van der Waals surface area contributed by atoms with Crippen LogP contribution in [0.3, 0.4) is 0 Å². The number of hydrogen-bond donors (Lipinski definition) is 1. The topological polar surface area (TPSA) is 45.2 Å². The molecule has 1 fully saturated rings. The highest BCUT2D eigenvalue weighted by atomic mass is 16.2. The molecule has 1 saturated heterocycles. The summed E-state index contributed by atoms with van der Waals surface area (Å²) in [5.41, 5.74) is 2.47. The first-order valence-corrected chi connectivity index (χ1v) is 6.87. The first-order valence-electron chi connectivity index (χ1n) is 6.87. The second-order valence-electron chi connectivity index (χ2n) is 4.81. The number of amides is 1. The fourth-order valence-corrected chi connectivity index (χ4v) is 2.44. The number of aromatic nitrogens is 1. The van der Waals surface area contributed by atoms with Crippen molar-refractivity contribution >= 4 is 5.91 Å². The lowest BCUT2D eigenvalue weighted by Crippen LogP contribution is -2.46. The van der Waals surface area contributed by atoms with E-state index in [-0.39, 0.29) is 5.91 Å². The van der Waals surface area contributed by atoms with Gasteiger partial charge in [-0.15, -0.1) is 0 Å². The molecule has 0 saturated carbocycles. The molecule has 1 N–H and O–H groups in total. The first kappa shape index (κ1) is 12.8. The van der Waals surface area contributed by atoms with E-state index in [0.717, 1.165) is 37.3 Å². The van der Waals surface area contributed by atoms with Crippen molar-refractivity contribution in [1.29, 1.82) is 0 Å². The average Bonchev–Trinajstić information content (AvgIpc) is 2.56. The lowest BCUT2D eigenvalue weighted by molar-refractivity contribution is 0.0731. The minimum Gasteiger partial charge on any atom is -0.335 e. The van der Waals surface area contributed by atoms with E-state index in [0.29, 0.717) is 5.69 Å². The molecule has 0 radical (unpaired) electrons. The van der Waals surface area contributed by atoms with Crippen LogP contribution in [0.5, 0.6) is 0 Å². The third kappa shape index (κ3) is 2.56. The predicted octanol–water partition coefficient (Wildman–Crippen LogP) is 1.79. The van der Waals surface area contributed by atoms with Crippen LogP contribution in [0, 0.1) is 0 Å². The molecule has 102 valence electrons. The molecule has 1 aromatic heterocycles. The molecule has 0 spiro atoms. The number of rotatable bonds is 2. The molecule has 20 heavy (non-hydrogen) atoms. The van der Waals surface area contributed by atoms with Gasteiger partial charge in [-0.25, -0.2) is 0 Å². The van der Waals surface area contributed by atoms with Crippen LogP contribution < -0.4 is 5.32 Å². The molecule has 2 heterocycles. The molecule has 1 amide bonds. The Hall–Kier alpha value is -2.20. The van der Waals surface area contributed by atoms with Crippen molar-refractivity contribution in [2.75, 3.05) is 26.2 Å². The Morgan fingerprint density at radius 2 is 1.80 bits per heavy atom. The molecule has 2 aromatic rings. The highest BCUT2D eigenvalue weighted by molar-refractivity contribution is 5.99. The maximum absolute atomic E-state index is 12.6. The van der Waals surface area contributed by atoms with Gasteiger partial charge in [0.15, 0.2) is 0 Å². The quantitative estimate of drug-likeness (QED) is 0.902. The Morgan fingerprint density at radius 3 is 2.55 bits per heavy atom. The van der Waals surface area contributed by atoms with Gasteiger partial charge in [-0.2, -0.15) is 0 Å². The van der Waals surface area contributed by atoms with Gasteiger partial charge < -0.3 is 10.2 Å². The van der Waals surface area contributed by atoms with Crippen LogP contribution in [0.15, 0.2) is 48.7 Å². The summed E-state index contributed by atoms with van der Waals surface area (Å²) < 4.78 is 0. The lowest BCUT2D eigenvalue weighted by atomic mass is 10.0. The minimum atomic E-state index is 0.0194. The van der Waals surface area contributed by atoms with E-state index in [4.69, 9.17) is 0 Å². The SMILES string of the molecule is O=C(c1ncccc1-c1ccccc1)N1CCNCC1. The maximum atomic E-state index is 12.6. The Labute approximate surface area is 118 Å². The third-order valence-corrected chi connectivity index (χ3v) is 3.50. The third-order valence-electron chi connectivity index (χ3n) is 3.50. The molecule has 0 atom stereocenters. The fraction of sp³-hybridized carbons (Fsp3) is 0.250. The summed E-state index contributed by atoms with van der Waals surface area (Å²) in [5.74, 6) is 0.0194. The van der Waals surface area contributed by atoms with Crippen molar-refractivity contribution in [1.82, 2.24) is 15.2 Å². The number of hydrogen-bond acceptors (Lipinski definition) is 3. The van der Waals surface area contributed by atoms with Crippen LogP contribution in [0.2, 0.25) is 0 Å². The minimum absolute atomic E-state index is 0.0194. The molecule has 3 rings (SSSR count). The summed E-state index contributed by atoms with van der Waals surface area (Å²) in [4.78, 5) is 18.8. The highest BCUT2D eigenvalue weighted by Crippen LogP contribution is 2.22. The molecular weight excluding hydrogens is 250 g/mol. The van der Waals surface area contributed by atoms with Crippen molar-refractivity contribution < 1.29 is 4.79 Å². The standard InChI is InChI=1S/C16H17N3O/c20-16(19-11-9-17-10-12-19)15-14(7-4-8-18-15)13-5-2-1-3-6-13/h1-8,17H,9-12H2. The summed E-state index contributed by atoms with van der Waals surface area (Å²) >= 11 is 0. The molecule has 4 heteroatoms. The van der Waals surface area contributed by atoms with Gasteiger partial charge in [0.05, 0.1) is 0 Å². The average molecular weight is 267 g/mol. The van der Waals surface area contributed by atoms with Gasteiger partial charge in [0.25, 0.3) is 5.91 Å². The summed E-state index contributed by atoms with van der Waals surface area (Å²) in [7, 11) is 0. The van der Waals surface area contributed by atoms with E-state index in [1.807, 2.05) is 47.4 Å². The molecule has 0 bridgehead atoms. The second kappa shape index (κ2) is 5.84. The zero-order valence-corrected chi connectivity index (χ0v) is 11.2. The smallest absolute Gasteiger partial charge is 0.273 e. The van der Waals surface area contributed by atoms with Crippen LogP contribution >= 0.6 is 0 Å². The van der Waals surface area contributed by atoms with E-state index in [9.17, 15) is 4.79 Å². The highest BCUT2D eigenvalue weighted by Gasteiger charge is 2.21. The zero-order chi connectivity index (χ0) is 13.8. The van der Waals surface area contributed by atoms with Crippen LogP contribution in [-0.4, -0.2) is 42.0 Å². The molecular formula is C16H17N3O. The molecule has 4 nitrogen and oxygen atoms in total. The predicted molar refractivity (Wildman–Crippen MR) is 78.4 cm³/mol. The molecule has 0 aliphatic carbocycles. The second-order valence-corrected chi connectivity index (χ2v) is 4.81. The number of benzene rings is 1. The molecule has 1 aliphatic heterocycles. The summed E-state index contributed by atoms with van der Waals surface area (Å²) in [6, 6.07) is 13.8. The summed E-state index contributed by atoms with van der Waals surface area (Å²) in [5, 5.41) is 3.25. The van der Waals surface area contributed by atoms with Crippen molar-refractivity contribution in [2.24, 2.45) is 0 Å². The molecule has 1 aliphatic rings. The molecule has 1 aromatic carbocycles. The lowest BCUT2D eigenvalue weighted by Gasteiger charge is -2.27. The fourth-order valence-electron chi connectivity index (χ4n) is 2.44. The van der Waals surface area contributed by atoms with Crippen LogP contribution in [0.1, 0.15) is 10.5 Å². The van der Waals surface area contributed by atoms with Crippen molar-refractivity contribution in [3.05, 3.63) is 54.4 Å². The Kier molecular flexibility index (Phi) is 3.74. The summed E-state index contributed by atoms with van der Waals surface area (Å²) in [6.45, 7) is 3.17. The molecule has 0 unspecified atom stereocenters. The van der Waals surface area contributed by atoms with Gasteiger partial charge in [0, 0.05) is 37.9 Å². The van der Waals surface area contributed by atoms with Crippen molar-refractivity contribution in [2.45, 2.75) is 0 Å². The van der Waals surface area contributed by atoms with E-state index >= 15 is 0 Å².